The average Bonchev–Trinajstić information content (AvgIpc) is 2.35. The number of hydrogen-bond donors (Lipinski definition) is 1. The molecule has 2 aliphatic rings. The van der Waals surface area contributed by atoms with Crippen LogP contribution in [0.5, 0.6) is 0 Å². The highest BCUT2D eigenvalue weighted by Crippen LogP contribution is 2.33. The molecular weight excluding hydrogens is 244 g/mol. The molecule has 0 bridgehead atoms. The molecule has 1 heterocycles. The molecule has 1 aliphatic heterocycles. The lowest BCUT2D eigenvalue weighted by atomic mass is 9.79. The zero-order valence-electron chi connectivity index (χ0n) is 14.4. The fourth-order valence-corrected chi connectivity index (χ4v) is 4.25. The van der Waals surface area contributed by atoms with Crippen molar-refractivity contribution in [2.75, 3.05) is 19.6 Å². The Morgan fingerprint density at radius 3 is 2.30 bits per heavy atom. The topological polar surface area (TPSA) is 15.3 Å². The summed E-state index contributed by atoms with van der Waals surface area (Å²) in [6, 6.07) is 0.867. The van der Waals surface area contributed by atoms with Gasteiger partial charge in [-0.2, -0.15) is 0 Å². The molecule has 2 heteroatoms. The average molecular weight is 281 g/mol. The van der Waals surface area contributed by atoms with Crippen molar-refractivity contribution in [3.8, 4) is 0 Å². The van der Waals surface area contributed by atoms with Crippen molar-refractivity contribution in [2.45, 2.75) is 78.3 Å². The molecule has 0 spiro atoms. The lowest BCUT2D eigenvalue weighted by molar-refractivity contribution is 0.0673. The first-order valence-corrected chi connectivity index (χ1v) is 8.82. The van der Waals surface area contributed by atoms with E-state index in [-0.39, 0.29) is 5.54 Å². The first kappa shape index (κ1) is 16.3. The summed E-state index contributed by atoms with van der Waals surface area (Å²) < 4.78 is 0. The van der Waals surface area contributed by atoms with Crippen LogP contribution in [0.15, 0.2) is 0 Å². The van der Waals surface area contributed by atoms with Crippen LogP contribution in [0, 0.1) is 17.8 Å². The first-order valence-electron chi connectivity index (χ1n) is 8.82. The SMILES string of the molecule is CC1CC(C)CC(N2CCCC(CNC(C)(C)C)C2)C1. The highest BCUT2D eigenvalue weighted by molar-refractivity contribution is 4.86. The van der Waals surface area contributed by atoms with Gasteiger partial charge in [0.2, 0.25) is 0 Å². The lowest BCUT2D eigenvalue weighted by Gasteiger charge is -2.43. The molecule has 1 aliphatic carbocycles. The largest absolute Gasteiger partial charge is 0.312 e. The maximum atomic E-state index is 3.71. The van der Waals surface area contributed by atoms with Crippen molar-refractivity contribution in [3.63, 3.8) is 0 Å². The Morgan fingerprint density at radius 2 is 1.70 bits per heavy atom. The number of piperidine rings is 1. The van der Waals surface area contributed by atoms with Crippen LogP contribution in [-0.2, 0) is 0 Å². The summed E-state index contributed by atoms with van der Waals surface area (Å²) in [5, 5.41) is 3.71. The molecule has 20 heavy (non-hydrogen) atoms. The van der Waals surface area contributed by atoms with Gasteiger partial charge in [0.15, 0.2) is 0 Å². The minimum atomic E-state index is 0.260. The molecule has 3 unspecified atom stereocenters. The molecule has 1 saturated heterocycles. The molecule has 2 rings (SSSR count). The van der Waals surface area contributed by atoms with Gasteiger partial charge in [0, 0.05) is 18.1 Å². The predicted molar refractivity (Wildman–Crippen MR) is 88.0 cm³/mol. The summed E-state index contributed by atoms with van der Waals surface area (Å²) in [5.74, 6) is 2.71. The molecule has 0 radical (unpaired) electrons. The molecule has 0 aromatic carbocycles. The minimum Gasteiger partial charge on any atom is -0.312 e. The highest BCUT2D eigenvalue weighted by atomic mass is 15.2. The van der Waals surface area contributed by atoms with Gasteiger partial charge >= 0.3 is 0 Å². The molecule has 0 amide bonds. The maximum Gasteiger partial charge on any atom is 0.0100 e. The van der Waals surface area contributed by atoms with Crippen LogP contribution in [0.4, 0.5) is 0 Å². The molecular formula is C18H36N2. The molecule has 0 aromatic rings. The number of likely N-dealkylation sites (tertiary alicyclic amines) is 1. The van der Waals surface area contributed by atoms with Crippen molar-refractivity contribution < 1.29 is 0 Å². The normalized spacial score (nSPS) is 37.0. The summed E-state index contributed by atoms with van der Waals surface area (Å²) in [7, 11) is 0. The summed E-state index contributed by atoms with van der Waals surface area (Å²) in [6.45, 7) is 15.6. The van der Waals surface area contributed by atoms with Gasteiger partial charge in [-0.1, -0.05) is 13.8 Å². The van der Waals surface area contributed by atoms with E-state index in [1.165, 1.54) is 51.7 Å². The fourth-order valence-electron chi connectivity index (χ4n) is 4.25. The van der Waals surface area contributed by atoms with E-state index in [9.17, 15) is 0 Å². The molecule has 118 valence electrons. The fraction of sp³-hybridized carbons (Fsp3) is 1.00. The van der Waals surface area contributed by atoms with Crippen molar-refractivity contribution in [3.05, 3.63) is 0 Å². The number of rotatable bonds is 3. The zero-order valence-corrected chi connectivity index (χ0v) is 14.4. The van der Waals surface area contributed by atoms with Gasteiger partial charge in [-0.3, -0.25) is 0 Å². The van der Waals surface area contributed by atoms with Crippen LogP contribution in [0.3, 0.4) is 0 Å². The molecule has 3 atom stereocenters. The van der Waals surface area contributed by atoms with Crippen LogP contribution >= 0.6 is 0 Å². The second-order valence-electron chi connectivity index (χ2n) is 8.71. The quantitative estimate of drug-likeness (QED) is 0.843. The van der Waals surface area contributed by atoms with E-state index < -0.39 is 0 Å². The number of nitrogens with one attached hydrogen (secondary N) is 1. The second kappa shape index (κ2) is 6.79. The third-order valence-corrected chi connectivity index (χ3v) is 5.14. The summed E-state index contributed by atoms with van der Waals surface area (Å²) in [5.41, 5.74) is 0.260. The maximum absolute atomic E-state index is 3.71. The number of nitrogens with zero attached hydrogens (tertiary/aromatic N) is 1. The highest BCUT2D eigenvalue weighted by Gasteiger charge is 2.31. The predicted octanol–water partition coefficient (Wildman–Crippen LogP) is 3.91. The van der Waals surface area contributed by atoms with Crippen molar-refractivity contribution in [1.29, 1.82) is 0 Å². The first-order chi connectivity index (χ1) is 9.33. The van der Waals surface area contributed by atoms with Crippen LogP contribution < -0.4 is 5.32 Å². The Bertz CT molecular complexity index is 284. The van der Waals surface area contributed by atoms with Crippen LogP contribution in [-0.4, -0.2) is 36.1 Å². The van der Waals surface area contributed by atoms with Gasteiger partial charge in [-0.25, -0.2) is 0 Å². The summed E-state index contributed by atoms with van der Waals surface area (Å²) in [4.78, 5) is 2.82. The minimum absolute atomic E-state index is 0.260. The Hall–Kier alpha value is -0.0800. The zero-order chi connectivity index (χ0) is 14.8. The van der Waals surface area contributed by atoms with Gasteiger partial charge in [0.1, 0.15) is 0 Å². The van der Waals surface area contributed by atoms with Crippen LogP contribution in [0.2, 0.25) is 0 Å². The second-order valence-corrected chi connectivity index (χ2v) is 8.71. The third kappa shape index (κ3) is 5.04. The van der Waals surface area contributed by atoms with Crippen molar-refractivity contribution in [2.24, 2.45) is 17.8 Å². The molecule has 2 fully saturated rings. The number of hydrogen-bond acceptors (Lipinski definition) is 2. The Balaban J connectivity index is 1.83. The standard InChI is InChI=1S/C18H36N2/c1-14-9-15(2)11-17(10-14)20-8-6-7-16(13-20)12-19-18(3,4)5/h14-17,19H,6-13H2,1-5H3. The third-order valence-electron chi connectivity index (χ3n) is 5.14. The monoisotopic (exact) mass is 280 g/mol. The van der Waals surface area contributed by atoms with Crippen molar-refractivity contribution >= 4 is 0 Å². The van der Waals surface area contributed by atoms with E-state index in [1.54, 1.807) is 0 Å². The molecule has 1 saturated carbocycles. The van der Waals surface area contributed by atoms with Gasteiger partial charge in [0.05, 0.1) is 0 Å². The Kier molecular flexibility index (Phi) is 5.53. The van der Waals surface area contributed by atoms with Crippen LogP contribution in [0.1, 0.15) is 66.7 Å². The summed E-state index contributed by atoms with van der Waals surface area (Å²) in [6.07, 6.45) is 7.13. The molecule has 0 aromatic heterocycles. The molecule has 2 nitrogen and oxygen atoms in total. The van der Waals surface area contributed by atoms with E-state index in [0.717, 1.165) is 23.8 Å². The van der Waals surface area contributed by atoms with Crippen LogP contribution in [0.25, 0.3) is 0 Å². The van der Waals surface area contributed by atoms with Gasteiger partial charge < -0.3 is 10.2 Å². The Morgan fingerprint density at radius 1 is 1.05 bits per heavy atom. The van der Waals surface area contributed by atoms with E-state index in [1.807, 2.05) is 0 Å². The van der Waals surface area contributed by atoms with Gasteiger partial charge in [-0.15, -0.1) is 0 Å². The summed E-state index contributed by atoms with van der Waals surface area (Å²) >= 11 is 0. The lowest BCUT2D eigenvalue weighted by Crippen LogP contribution is -2.49. The van der Waals surface area contributed by atoms with E-state index in [4.69, 9.17) is 0 Å². The molecule has 1 N–H and O–H groups in total. The smallest absolute Gasteiger partial charge is 0.0100 e. The Labute approximate surface area is 126 Å². The van der Waals surface area contributed by atoms with E-state index in [2.05, 4.69) is 44.8 Å². The van der Waals surface area contributed by atoms with E-state index in [0.29, 0.717) is 0 Å². The van der Waals surface area contributed by atoms with Gasteiger partial charge in [-0.05, 0) is 83.7 Å². The van der Waals surface area contributed by atoms with E-state index >= 15 is 0 Å². The van der Waals surface area contributed by atoms with Gasteiger partial charge in [0.25, 0.3) is 0 Å². The van der Waals surface area contributed by atoms with Crippen molar-refractivity contribution in [1.82, 2.24) is 10.2 Å².